The molecule has 1 heterocycles. The summed E-state index contributed by atoms with van der Waals surface area (Å²) in [5.41, 5.74) is 1.24. The summed E-state index contributed by atoms with van der Waals surface area (Å²) < 4.78 is 12.8. The number of hydrogen-bond acceptors (Lipinski definition) is 1. The second kappa shape index (κ2) is 3.88. The van der Waals surface area contributed by atoms with Gasteiger partial charge in [0.1, 0.15) is 6.17 Å². The molecule has 1 unspecified atom stereocenters. The molecule has 1 radical (unpaired) electrons. The Labute approximate surface area is 78.2 Å². The predicted octanol–water partition coefficient (Wildman–Crippen LogP) is 2.39. The monoisotopic (exact) mass is 178 g/mol. The number of benzene rings is 1. The molecule has 2 rings (SSSR count). The third-order valence-electron chi connectivity index (χ3n) is 2.28. The molecule has 1 fully saturated rings. The molecule has 0 amide bonds. The van der Waals surface area contributed by atoms with E-state index in [0.717, 1.165) is 6.54 Å². The Morgan fingerprint density at radius 2 is 2.08 bits per heavy atom. The van der Waals surface area contributed by atoms with Crippen LogP contribution in [0.2, 0.25) is 0 Å². The summed E-state index contributed by atoms with van der Waals surface area (Å²) in [6.45, 7) is 3.34. The molecule has 1 aliphatic rings. The van der Waals surface area contributed by atoms with Crippen LogP contribution < -0.4 is 0 Å². The Morgan fingerprint density at radius 1 is 1.31 bits per heavy atom. The SMILES string of the molecule is FC1C[CH]N(Cc2ccccc2)C1. The minimum atomic E-state index is -0.663. The van der Waals surface area contributed by atoms with E-state index in [1.807, 2.05) is 29.6 Å². The van der Waals surface area contributed by atoms with Crippen molar-refractivity contribution in [2.45, 2.75) is 19.1 Å². The maximum atomic E-state index is 12.8. The lowest BCUT2D eigenvalue weighted by atomic mass is 10.2. The Hall–Kier alpha value is -0.890. The average Bonchev–Trinajstić information content (AvgIpc) is 2.53. The molecule has 1 saturated heterocycles. The number of halogens is 1. The van der Waals surface area contributed by atoms with E-state index >= 15 is 0 Å². The van der Waals surface area contributed by atoms with Crippen LogP contribution in [0, 0.1) is 6.54 Å². The van der Waals surface area contributed by atoms with Gasteiger partial charge in [0.05, 0.1) is 0 Å². The van der Waals surface area contributed by atoms with Crippen molar-refractivity contribution >= 4 is 0 Å². The van der Waals surface area contributed by atoms with Crippen molar-refractivity contribution in [1.82, 2.24) is 4.90 Å². The zero-order valence-corrected chi connectivity index (χ0v) is 7.49. The predicted molar refractivity (Wildman–Crippen MR) is 50.7 cm³/mol. The Balaban J connectivity index is 1.92. The zero-order chi connectivity index (χ0) is 9.10. The summed E-state index contributed by atoms with van der Waals surface area (Å²) in [6.07, 6.45) is -0.0870. The maximum Gasteiger partial charge on any atom is 0.114 e. The van der Waals surface area contributed by atoms with Crippen LogP contribution in [0.3, 0.4) is 0 Å². The molecule has 0 aliphatic carbocycles. The summed E-state index contributed by atoms with van der Waals surface area (Å²) in [5, 5.41) is 0. The lowest BCUT2D eigenvalue weighted by molar-refractivity contribution is 0.295. The summed E-state index contributed by atoms with van der Waals surface area (Å²) in [6, 6.07) is 10.2. The molecule has 0 N–H and O–H groups in total. The Bertz CT molecular complexity index is 260. The fourth-order valence-electron chi connectivity index (χ4n) is 1.61. The van der Waals surface area contributed by atoms with E-state index in [0.29, 0.717) is 13.0 Å². The standard InChI is InChI=1S/C11H13FN/c12-11-6-7-13(9-11)8-10-4-2-1-3-5-10/h1-5,7,11H,6,8-9H2. The third kappa shape index (κ3) is 2.28. The molecule has 0 aromatic heterocycles. The van der Waals surface area contributed by atoms with Gasteiger partial charge in [0.15, 0.2) is 0 Å². The van der Waals surface area contributed by atoms with Crippen molar-refractivity contribution < 1.29 is 4.39 Å². The van der Waals surface area contributed by atoms with Gasteiger partial charge in [-0.15, -0.1) is 0 Å². The molecule has 2 heteroatoms. The normalized spacial score (nSPS) is 23.6. The van der Waals surface area contributed by atoms with Gasteiger partial charge < -0.3 is 0 Å². The van der Waals surface area contributed by atoms with Crippen LogP contribution in [0.15, 0.2) is 30.3 Å². The molecule has 1 nitrogen and oxygen atoms in total. The molecule has 1 aliphatic heterocycles. The third-order valence-corrected chi connectivity index (χ3v) is 2.28. The van der Waals surface area contributed by atoms with Crippen LogP contribution in [-0.4, -0.2) is 17.6 Å². The fraction of sp³-hybridized carbons (Fsp3) is 0.364. The first-order valence-corrected chi connectivity index (χ1v) is 4.60. The van der Waals surface area contributed by atoms with E-state index in [9.17, 15) is 4.39 Å². The van der Waals surface area contributed by atoms with Crippen LogP contribution >= 0.6 is 0 Å². The second-order valence-corrected chi connectivity index (χ2v) is 3.43. The van der Waals surface area contributed by atoms with Crippen molar-refractivity contribution in [2.24, 2.45) is 0 Å². The van der Waals surface area contributed by atoms with Crippen LogP contribution in [0.5, 0.6) is 0 Å². The minimum absolute atomic E-state index is 0.550. The summed E-state index contributed by atoms with van der Waals surface area (Å²) in [7, 11) is 0. The highest BCUT2D eigenvalue weighted by atomic mass is 19.1. The number of alkyl halides is 1. The first-order chi connectivity index (χ1) is 6.34. The molecule has 1 aromatic rings. The molecule has 13 heavy (non-hydrogen) atoms. The summed E-state index contributed by atoms with van der Waals surface area (Å²) >= 11 is 0. The molecule has 0 bridgehead atoms. The van der Waals surface area contributed by atoms with Gasteiger partial charge in [0.2, 0.25) is 0 Å². The van der Waals surface area contributed by atoms with E-state index in [1.54, 1.807) is 0 Å². The number of rotatable bonds is 2. The van der Waals surface area contributed by atoms with Gasteiger partial charge in [-0.05, 0) is 12.0 Å². The van der Waals surface area contributed by atoms with Crippen molar-refractivity contribution in [2.75, 3.05) is 6.54 Å². The molecule has 1 aromatic carbocycles. The Morgan fingerprint density at radius 3 is 2.69 bits per heavy atom. The number of hydrogen-bond donors (Lipinski definition) is 0. The van der Waals surface area contributed by atoms with Crippen LogP contribution in [0.25, 0.3) is 0 Å². The fourth-order valence-corrected chi connectivity index (χ4v) is 1.61. The molecule has 0 spiro atoms. The van der Waals surface area contributed by atoms with Gasteiger partial charge in [-0.25, -0.2) is 4.39 Å². The first-order valence-electron chi connectivity index (χ1n) is 4.60. The lowest BCUT2D eigenvalue weighted by Crippen LogP contribution is -2.17. The molecule has 1 atom stereocenters. The quantitative estimate of drug-likeness (QED) is 0.672. The van der Waals surface area contributed by atoms with E-state index in [2.05, 4.69) is 12.1 Å². The van der Waals surface area contributed by atoms with Crippen molar-refractivity contribution in [1.29, 1.82) is 0 Å². The summed E-state index contributed by atoms with van der Waals surface area (Å²) in [5.74, 6) is 0. The highest BCUT2D eigenvalue weighted by Gasteiger charge is 2.21. The minimum Gasteiger partial charge on any atom is -0.292 e. The number of nitrogens with zero attached hydrogens (tertiary/aromatic N) is 1. The largest absolute Gasteiger partial charge is 0.292 e. The molecular formula is C11H13FN. The number of likely N-dealkylation sites (tertiary alicyclic amines) is 1. The van der Waals surface area contributed by atoms with Crippen LogP contribution in [0.1, 0.15) is 12.0 Å². The van der Waals surface area contributed by atoms with Crippen LogP contribution in [-0.2, 0) is 6.54 Å². The smallest absolute Gasteiger partial charge is 0.114 e. The van der Waals surface area contributed by atoms with E-state index in [-0.39, 0.29) is 0 Å². The van der Waals surface area contributed by atoms with Crippen molar-refractivity contribution in [3.63, 3.8) is 0 Å². The first kappa shape index (κ1) is 8.70. The average molecular weight is 178 g/mol. The molecule has 0 saturated carbocycles. The second-order valence-electron chi connectivity index (χ2n) is 3.43. The van der Waals surface area contributed by atoms with Gasteiger partial charge >= 0.3 is 0 Å². The van der Waals surface area contributed by atoms with E-state index < -0.39 is 6.17 Å². The van der Waals surface area contributed by atoms with Gasteiger partial charge in [-0.2, -0.15) is 0 Å². The lowest BCUT2D eigenvalue weighted by Gasteiger charge is -2.13. The van der Waals surface area contributed by atoms with Crippen molar-refractivity contribution in [3.05, 3.63) is 42.4 Å². The van der Waals surface area contributed by atoms with Gasteiger partial charge in [0.25, 0.3) is 0 Å². The van der Waals surface area contributed by atoms with E-state index in [1.165, 1.54) is 5.56 Å². The Kier molecular flexibility index (Phi) is 2.60. The highest BCUT2D eigenvalue weighted by molar-refractivity contribution is 5.15. The molecular weight excluding hydrogens is 165 g/mol. The van der Waals surface area contributed by atoms with Gasteiger partial charge in [-0.1, -0.05) is 30.3 Å². The molecule has 69 valence electrons. The van der Waals surface area contributed by atoms with E-state index in [4.69, 9.17) is 0 Å². The van der Waals surface area contributed by atoms with Gasteiger partial charge in [0, 0.05) is 19.6 Å². The highest BCUT2D eigenvalue weighted by Crippen LogP contribution is 2.18. The summed E-state index contributed by atoms with van der Waals surface area (Å²) in [4.78, 5) is 2.04. The maximum absolute atomic E-state index is 12.8. The van der Waals surface area contributed by atoms with Gasteiger partial charge in [-0.3, -0.25) is 4.90 Å². The zero-order valence-electron chi connectivity index (χ0n) is 7.49. The van der Waals surface area contributed by atoms with Crippen molar-refractivity contribution in [3.8, 4) is 0 Å². The topological polar surface area (TPSA) is 3.24 Å². The van der Waals surface area contributed by atoms with Crippen LogP contribution in [0.4, 0.5) is 4.39 Å².